The standard InChI is InChI=1S/C24H20BrFN2O4/c1-2-13-31-19-10-7-16(8-11-19)24(30)32-22-12-9-18(25)14-17(22)15-27-28-23(29)20-5-3-4-6-21(20)26/h3-12,14-15H,2,13H2,1H3,(H,28,29)/b27-15-. The zero-order valence-electron chi connectivity index (χ0n) is 17.2. The molecule has 0 spiro atoms. The fraction of sp³-hybridized carbons (Fsp3) is 0.125. The SMILES string of the molecule is CCCOc1ccc(C(=O)Oc2ccc(Br)cc2/C=N\NC(=O)c2ccccc2F)cc1. The summed E-state index contributed by atoms with van der Waals surface area (Å²) in [5.74, 6) is -0.986. The van der Waals surface area contributed by atoms with Crippen LogP contribution in [0.1, 0.15) is 39.6 Å². The Hall–Kier alpha value is -3.52. The first-order valence-corrected chi connectivity index (χ1v) is 10.6. The molecule has 0 bridgehead atoms. The Labute approximate surface area is 193 Å². The van der Waals surface area contributed by atoms with Crippen molar-refractivity contribution in [1.29, 1.82) is 0 Å². The Morgan fingerprint density at radius 1 is 1.09 bits per heavy atom. The van der Waals surface area contributed by atoms with Crippen LogP contribution in [0.4, 0.5) is 4.39 Å². The zero-order chi connectivity index (χ0) is 22.9. The summed E-state index contributed by atoms with van der Waals surface area (Å²) in [6.07, 6.45) is 2.20. The molecular formula is C24H20BrFN2O4. The molecule has 164 valence electrons. The lowest BCUT2D eigenvalue weighted by Crippen LogP contribution is -2.19. The minimum Gasteiger partial charge on any atom is -0.494 e. The van der Waals surface area contributed by atoms with Crippen molar-refractivity contribution in [2.45, 2.75) is 13.3 Å². The van der Waals surface area contributed by atoms with E-state index in [1.165, 1.54) is 24.4 Å². The Morgan fingerprint density at radius 2 is 1.84 bits per heavy atom. The van der Waals surface area contributed by atoms with Gasteiger partial charge in [0.1, 0.15) is 17.3 Å². The summed E-state index contributed by atoms with van der Waals surface area (Å²) < 4.78 is 25.4. The number of hydrogen-bond acceptors (Lipinski definition) is 5. The van der Waals surface area contributed by atoms with Crippen LogP contribution in [0.25, 0.3) is 0 Å². The van der Waals surface area contributed by atoms with E-state index < -0.39 is 17.7 Å². The first-order valence-electron chi connectivity index (χ1n) is 9.80. The average Bonchev–Trinajstić information content (AvgIpc) is 2.80. The Balaban J connectivity index is 1.70. The largest absolute Gasteiger partial charge is 0.494 e. The average molecular weight is 499 g/mol. The van der Waals surface area contributed by atoms with Crippen molar-refractivity contribution in [3.8, 4) is 11.5 Å². The lowest BCUT2D eigenvalue weighted by molar-refractivity contribution is 0.0734. The van der Waals surface area contributed by atoms with Gasteiger partial charge in [0.25, 0.3) is 5.91 Å². The maximum Gasteiger partial charge on any atom is 0.343 e. The molecule has 0 saturated heterocycles. The molecule has 0 heterocycles. The van der Waals surface area contributed by atoms with Gasteiger partial charge in [0, 0.05) is 10.0 Å². The van der Waals surface area contributed by atoms with Gasteiger partial charge in [-0.15, -0.1) is 0 Å². The number of amides is 1. The summed E-state index contributed by atoms with van der Waals surface area (Å²) >= 11 is 3.35. The quantitative estimate of drug-likeness (QED) is 0.196. The van der Waals surface area contributed by atoms with E-state index in [1.807, 2.05) is 6.92 Å². The molecule has 1 N–H and O–H groups in total. The number of carbonyl (C=O) groups excluding carboxylic acids is 2. The highest BCUT2D eigenvalue weighted by atomic mass is 79.9. The van der Waals surface area contributed by atoms with Crippen LogP contribution >= 0.6 is 15.9 Å². The number of ether oxygens (including phenoxy) is 2. The number of rotatable bonds is 8. The predicted molar refractivity (Wildman–Crippen MR) is 123 cm³/mol. The fourth-order valence-corrected chi connectivity index (χ4v) is 3.02. The molecule has 3 aromatic carbocycles. The molecule has 0 atom stereocenters. The van der Waals surface area contributed by atoms with Crippen LogP contribution in [0.5, 0.6) is 11.5 Å². The topological polar surface area (TPSA) is 77.0 Å². The Kier molecular flexibility index (Phi) is 8.10. The maximum absolute atomic E-state index is 13.7. The van der Waals surface area contributed by atoms with Gasteiger partial charge in [0.15, 0.2) is 0 Å². The highest BCUT2D eigenvalue weighted by molar-refractivity contribution is 9.10. The van der Waals surface area contributed by atoms with Gasteiger partial charge in [-0.2, -0.15) is 5.10 Å². The van der Waals surface area contributed by atoms with Crippen molar-refractivity contribution in [1.82, 2.24) is 5.43 Å². The summed E-state index contributed by atoms with van der Waals surface area (Å²) in [5.41, 5.74) is 2.92. The van der Waals surface area contributed by atoms with Gasteiger partial charge < -0.3 is 9.47 Å². The van der Waals surface area contributed by atoms with Crippen molar-refractivity contribution >= 4 is 34.0 Å². The smallest absolute Gasteiger partial charge is 0.343 e. The van der Waals surface area contributed by atoms with Gasteiger partial charge in [0.2, 0.25) is 0 Å². The third-order valence-electron chi connectivity index (χ3n) is 4.23. The molecule has 0 unspecified atom stereocenters. The fourth-order valence-electron chi connectivity index (χ4n) is 2.65. The molecular weight excluding hydrogens is 479 g/mol. The molecule has 1 amide bonds. The van der Waals surface area contributed by atoms with Gasteiger partial charge in [-0.25, -0.2) is 14.6 Å². The summed E-state index contributed by atoms with van der Waals surface area (Å²) in [4.78, 5) is 24.6. The van der Waals surface area contributed by atoms with E-state index in [9.17, 15) is 14.0 Å². The van der Waals surface area contributed by atoms with Crippen LogP contribution < -0.4 is 14.9 Å². The molecule has 3 aromatic rings. The van der Waals surface area contributed by atoms with Crippen LogP contribution in [0.2, 0.25) is 0 Å². The number of benzene rings is 3. The van der Waals surface area contributed by atoms with Crippen molar-refractivity contribution in [2.24, 2.45) is 5.10 Å². The molecule has 0 aliphatic rings. The van der Waals surface area contributed by atoms with Gasteiger partial charge in [0.05, 0.1) is 23.9 Å². The number of halogens is 2. The number of esters is 1. The second kappa shape index (κ2) is 11.2. The molecule has 32 heavy (non-hydrogen) atoms. The molecule has 0 aromatic heterocycles. The number of nitrogens with zero attached hydrogens (tertiary/aromatic N) is 1. The van der Waals surface area contributed by atoms with Gasteiger partial charge in [-0.3, -0.25) is 4.79 Å². The molecule has 0 aliphatic heterocycles. The summed E-state index contributed by atoms with van der Waals surface area (Å²) in [7, 11) is 0. The van der Waals surface area contributed by atoms with E-state index in [0.717, 1.165) is 10.9 Å². The van der Waals surface area contributed by atoms with Crippen LogP contribution in [-0.4, -0.2) is 24.7 Å². The number of hydrazone groups is 1. The van der Waals surface area contributed by atoms with Gasteiger partial charge in [-0.05, 0) is 61.0 Å². The normalized spacial score (nSPS) is 10.7. The summed E-state index contributed by atoms with van der Waals surface area (Å²) in [6.45, 7) is 2.61. The van der Waals surface area contributed by atoms with Gasteiger partial charge >= 0.3 is 5.97 Å². The Morgan fingerprint density at radius 3 is 2.56 bits per heavy atom. The molecule has 0 aliphatic carbocycles. The third kappa shape index (κ3) is 6.24. The zero-order valence-corrected chi connectivity index (χ0v) is 18.8. The van der Waals surface area contributed by atoms with E-state index in [1.54, 1.807) is 48.5 Å². The monoisotopic (exact) mass is 498 g/mol. The predicted octanol–water partition coefficient (Wildman–Crippen LogP) is 5.36. The van der Waals surface area contributed by atoms with E-state index >= 15 is 0 Å². The second-order valence-electron chi connectivity index (χ2n) is 6.62. The van der Waals surface area contributed by atoms with Crippen molar-refractivity contribution in [3.63, 3.8) is 0 Å². The Bertz CT molecular complexity index is 1130. The highest BCUT2D eigenvalue weighted by Crippen LogP contribution is 2.23. The van der Waals surface area contributed by atoms with E-state index in [0.29, 0.717) is 23.5 Å². The van der Waals surface area contributed by atoms with Crippen molar-refractivity contribution in [3.05, 3.63) is 93.7 Å². The summed E-state index contributed by atoms with van der Waals surface area (Å²) in [6, 6.07) is 17.2. The van der Waals surface area contributed by atoms with Crippen LogP contribution in [-0.2, 0) is 0 Å². The first-order chi connectivity index (χ1) is 15.5. The van der Waals surface area contributed by atoms with Crippen LogP contribution in [0, 0.1) is 5.82 Å². The lowest BCUT2D eigenvalue weighted by Gasteiger charge is -2.09. The minimum atomic E-state index is -0.696. The highest BCUT2D eigenvalue weighted by Gasteiger charge is 2.13. The number of carbonyl (C=O) groups is 2. The lowest BCUT2D eigenvalue weighted by atomic mass is 10.2. The van der Waals surface area contributed by atoms with Gasteiger partial charge in [-0.1, -0.05) is 35.0 Å². The molecule has 0 fully saturated rings. The number of nitrogens with one attached hydrogen (secondary N) is 1. The van der Waals surface area contributed by atoms with E-state index in [4.69, 9.17) is 9.47 Å². The maximum atomic E-state index is 13.7. The number of hydrogen-bond donors (Lipinski definition) is 1. The molecule has 0 saturated carbocycles. The molecule has 0 radical (unpaired) electrons. The molecule has 3 rings (SSSR count). The molecule has 6 nitrogen and oxygen atoms in total. The van der Waals surface area contributed by atoms with Crippen molar-refractivity contribution in [2.75, 3.05) is 6.61 Å². The third-order valence-corrected chi connectivity index (χ3v) is 4.72. The minimum absolute atomic E-state index is 0.128. The van der Waals surface area contributed by atoms with Crippen LogP contribution in [0.3, 0.4) is 0 Å². The van der Waals surface area contributed by atoms with Crippen molar-refractivity contribution < 1.29 is 23.5 Å². The van der Waals surface area contributed by atoms with Crippen LogP contribution in [0.15, 0.2) is 76.3 Å². The summed E-state index contributed by atoms with van der Waals surface area (Å²) in [5, 5.41) is 3.86. The van der Waals surface area contributed by atoms with E-state index in [-0.39, 0.29) is 11.3 Å². The molecule has 8 heteroatoms. The second-order valence-corrected chi connectivity index (χ2v) is 7.54. The first kappa shape index (κ1) is 23.1. The van der Waals surface area contributed by atoms with E-state index in [2.05, 4.69) is 26.5 Å².